The maximum atomic E-state index is 10.9. The van der Waals surface area contributed by atoms with Gasteiger partial charge in [0.15, 0.2) is 5.78 Å². The normalized spacial score (nSPS) is 11.8. The Balaban J connectivity index is 1.97. The largest absolute Gasteiger partial charge is 0.388 e. The molecular weight excluding hydrogens is 224 g/mol. The molecule has 2 aromatic rings. The van der Waals surface area contributed by atoms with Crippen molar-refractivity contribution in [1.29, 1.82) is 0 Å². The van der Waals surface area contributed by atoms with E-state index in [1.165, 1.54) is 16.5 Å². The van der Waals surface area contributed by atoms with Crippen LogP contribution in [-0.4, -0.2) is 17.3 Å². The van der Waals surface area contributed by atoms with E-state index in [2.05, 4.69) is 28.6 Å². The summed E-state index contributed by atoms with van der Waals surface area (Å²) in [5.41, 5.74) is 3.39. The van der Waals surface area contributed by atoms with Gasteiger partial charge in [0, 0.05) is 29.3 Å². The molecule has 0 saturated heterocycles. The molecule has 0 unspecified atom stereocenters. The Labute approximate surface area is 107 Å². The molecule has 0 saturated carbocycles. The van der Waals surface area contributed by atoms with Gasteiger partial charge in [-0.25, -0.2) is 0 Å². The predicted molar refractivity (Wildman–Crippen MR) is 74.4 cm³/mol. The highest BCUT2D eigenvalue weighted by atomic mass is 16.1. The highest BCUT2D eigenvalue weighted by molar-refractivity contribution is 5.87. The van der Waals surface area contributed by atoms with Crippen molar-refractivity contribution in [3.05, 3.63) is 47.8 Å². The van der Waals surface area contributed by atoms with Crippen molar-refractivity contribution in [2.45, 2.75) is 20.3 Å². The van der Waals surface area contributed by atoms with E-state index in [0.717, 1.165) is 18.7 Å². The summed E-state index contributed by atoms with van der Waals surface area (Å²) in [5, 5.41) is 4.51. The minimum atomic E-state index is 0.0760. The van der Waals surface area contributed by atoms with Gasteiger partial charge in [0.2, 0.25) is 0 Å². The van der Waals surface area contributed by atoms with Crippen molar-refractivity contribution in [2.24, 2.45) is 0 Å². The van der Waals surface area contributed by atoms with Gasteiger partial charge in [-0.3, -0.25) is 4.79 Å². The lowest BCUT2D eigenvalue weighted by Gasteiger charge is -2.05. The predicted octanol–water partition coefficient (Wildman–Crippen LogP) is 2.79. The Morgan fingerprint density at radius 2 is 2.11 bits per heavy atom. The minimum Gasteiger partial charge on any atom is -0.388 e. The van der Waals surface area contributed by atoms with Gasteiger partial charge in [-0.2, -0.15) is 0 Å². The summed E-state index contributed by atoms with van der Waals surface area (Å²) in [4.78, 5) is 14.2. The maximum absolute atomic E-state index is 10.9. The molecule has 94 valence electrons. The number of aromatic amines is 1. The van der Waals surface area contributed by atoms with Crippen molar-refractivity contribution in [3.8, 4) is 0 Å². The summed E-state index contributed by atoms with van der Waals surface area (Å²) in [6.45, 7) is 4.30. The molecule has 2 N–H and O–H groups in total. The van der Waals surface area contributed by atoms with Crippen LogP contribution in [0.3, 0.4) is 0 Å². The molecule has 3 nitrogen and oxygen atoms in total. The van der Waals surface area contributed by atoms with Gasteiger partial charge < -0.3 is 10.3 Å². The molecular formula is C15H18N2O. The Kier molecular flexibility index (Phi) is 3.82. The first-order valence-corrected chi connectivity index (χ1v) is 6.14. The van der Waals surface area contributed by atoms with Crippen molar-refractivity contribution >= 4 is 16.7 Å². The fourth-order valence-electron chi connectivity index (χ4n) is 2.09. The van der Waals surface area contributed by atoms with E-state index in [-0.39, 0.29) is 5.78 Å². The number of rotatable bonds is 5. The van der Waals surface area contributed by atoms with Crippen molar-refractivity contribution < 1.29 is 4.79 Å². The Morgan fingerprint density at radius 3 is 2.89 bits per heavy atom. The number of carbonyl (C=O) groups excluding carboxylic acids is 1. The molecule has 2 rings (SSSR count). The number of hydrogen-bond donors (Lipinski definition) is 2. The number of ketones is 1. The van der Waals surface area contributed by atoms with E-state index in [4.69, 9.17) is 0 Å². The van der Waals surface area contributed by atoms with Gasteiger partial charge >= 0.3 is 0 Å². The van der Waals surface area contributed by atoms with Crippen LogP contribution in [0.5, 0.6) is 0 Å². The first kappa shape index (κ1) is 12.4. The van der Waals surface area contributed by atoms with Crippen LogP contribution in [0.25, 0.3) is 10.9 Å². The van der Waals surface area contributed by atoms with Gasteiger partial charge in [-0.05, 0) is 38.0 Å². The number of nitrogens with one attached hydrogen (secondary N) is 2. The molecule has 1 aromatic carbocycles. The average molecular weight is 242 g/mol. The third-order valence-electron chi connectivity index (χ3n) is 2.89. The number of aromatic nitrogens is 1. The smallest absolute Gasteiger partial charge is 0.154 e. The zero-order valence-corrected chi connectivity index (χ0v) is 10.8. The summed E-state index contributed by atoms with van der Waals surface area (Å²) in [6, 6.07) is 8.28. The Hall–Kier alpha value is -2.03. The Bertz CT molecular complexity index is 581. The molecule has 0 fully saturated rings. The van der Waals surface area contributed by atoms with Gasteiger partial charge in [0.1, 0.15) is 0 Å². The minimum absolute atomic E-state index is 0.0760. The van der Waals surface area contributed by atoms with Gasteiger partial charge in [-0.1, -0.05) is 18.2 Å². The molecule has 0 aliphatic carbocycles. The lowest BCUT2D eigenvalue weighted by Crippen LogP contribution is -2.15. The molecule has 1 heterocycles. The topological polar surface area (TPSA) is 44.9 Å². The molecule has 3 heteroatoms. The lowest BCUT2D eigenvalue weighted by atomic mass is 10.1. The van der Waals surface area contributed by atoms with Gasteiger partial charge in [-0.15, -0.1) is 0 Å². The van der Waals surface area contributed by atoms with Crippen LogP contribution in [0, 0.1) is 0 Å². The van der Waals surface area contributed by atoms with E-state index in [0.29, 0.717) is 0 Å². The van der Waals surface area contributed by atoms with Crippen LogP contribution >= 0.6 is 0 Å². The molecule has 0 amide bonds. The fourth-order valence-corrected chi connectivity index (χ4v) is 2.09. The zero-order chi connectivity index (χ0) is 13.0. The van der Waals surface area contributed by atoms with Gasteiger partial charge in [0.25, 0.3) is 0 Å². The van der Waals surface area contributed by atoms with E-state index >= 15 is 0 Å². The molecule has 0 bridgehead atoms. The second-order valence-corrected chi connectivity index (χ2v) is 4.47. The van der Waals surface area contributed by atoms with Crippen LogP contribution in [0.1, 0.15) is 19.4 Å². The molecule has 0 atom stereocenters. The quantitative estimate of drug-likeness (QED) is 0.792. The van der Waals surface area contributed by atoms with Crippen LogP contribution in [-0.2, 0) is 11.2 Å². The first-order valence-electron chi connectivity index (χ1n) is 6.14. The maximum Gasteiger partial charge on any atom is 0.154 e. The number of benzene rings is 1. The molecule has 0 radical (unpaired) electrons. The molecule has 0 aliphatic heterocycles. The third-order valence-corrected chi connectivity index (χ3v) is 2.89. The number of fused-ring (bicyclic) bond motifs is 1. The number of allylic oxidation sites excluding steroid dienone is 2. The molecule has 18 heavy (non-hydrogen) atoms. The van der Waals surface area contributed by atoms with Crippen molar-refractivity contribution in [1.82, 2.24) is 10.3 Å². The third kappa shape index (κ3) is 3.00. The van der Waals surface area contributed by atoms with E-state index in [1.807, 2.05) is 19.1 Å². The molecule has 0 aliphatic rings. The summed E-state index contributed by atoms with van der Waals surface area (Å²) in [6.07, 6.45) is 4.61. The highest BCUT2D eigenvalue weighted by Gasteiger charge is 2.02. The average Bonchev–Trinajstić information content (AvgIpc) is 2.72. The van der Waals surface area contributed by atoms with Gasteiger partial charge in [0.05, 0.1) is 0 Å². The van der Waals surface area contributed by atoms with Crippen molar-refractivity contribution in [3.63, 3.8) is 0 Å². The van der Waals surface area contributed by atoms with Crippen molar-refractivity contribution in [2.75, 3.05) is 6.54 Å². The van der Waals surface area contributed by atoms with E-state index in [9.17, 15) is 4.79 Å². The summed E-state index contributed by atoms with van der Waals surface area (Å²) in [5.74, 6) is 0.0760. The molecule has 1 aromatic heterocycles. The second kappa shape index (κ2) is 5.54. The fraction of sp³-hybridized carbons (Fsp3) is 0.267. The Morgan fingerprint density at radius 1 is 1.33 bits per heavy atom. The number of carbonyl (C=O) groups is 1. The van der Waals surface area contributed by atoms with Crippen LogP contribution in [0.15, 0.2) is 42.2 Å². The highest BCUT2D eigenvalue weighted by Crippen LogP contribution is 2.17. The molecule has 0 spiro atoms. The van der Waals surface area contributed by atoms with Crippen LogP contribution in [0.2, 0.25) is 0 Å². The standard InChI is InChI=1S/C15H18N2O/c1-11(9-12(2)18)16-8-7-13-10-17-15-6-4-3-5-14(13)15/h3-6,9-10,16-17H,7-8H2,1-2H3/b11-9+. The number of H-pyrrole nitrogens is 1. The zero-order valence-electron chi connectivity index (χ0n) is 10.8. The summed E-state index contributed by atoms with van der Waals surface area (Å²) < 4.78 is 0. The first-order chi connectivity index (χ1) is 8.66. The van der Waals surface area contributed by atoms with Crippen LogP contribution < -0.4 is 5.32 Å². The number of para-hydroxylation sites is 1. The number of hydrogen-bond acceptors (Lipinski definition) is 2. The lowest BCUT2D eigenvalue weighted by molar-refractivity contribution is -0.112. The van der Waals surface area contributed by atoms with E-state index < -0.39 is 0 Å². The van der Waals surface area contributed by atoms with E-state index in [1.54, 1.807) is 13.0 Å². The second-order valence-electron chi connectivity index (χ2n) is 4.47. The monoisotopic (exact) mass is 242 g/mol. The SMILES string of the molecule is CC(=O)/C=C(\C)NCCc1c[nH]c2ccccc12. The van der Waals surface area contributed by atoms with Crippen LogP contribution in [0.4, 0.5) is 0 Å². The summed E-state index contributed by atoms with van der Waals surface area (Å²) >= 11 is 0. The summed E-state index contributed by atoms with van der Waals surface area (Å²) in [7, 11) is 0.